The summed E-state index contributed by atoms with van der Waals surface area (Å²) in [5, 5.41) is 19.1. The van der Waals surface area contributed by atoms with Gasteiger partial charge in [-0.25, -0.2) is 4.98 Å². The fraction of sp³-hybridized carbons (Fsp3) is 0.312. The second kappa shape index (κ2) is 6.70. The number of thiazole rings is 1. The van der Waals surface area contributed by atoms with E-state index in [2.05, 4.69) is 18.8 Å². The van der Waals surface area contributed by atoms with Gasteiger partial charge in [-0.15, -0.1) is 11.3 Å². The van der Waals surface area contributed by atoms with Crippen LogP contribution in [0.3, 0.4) is 0 Å². The minimum absolute atomic E-state index is 0.131. The van der Waals surface area contributed by atoms with E-state index < -0.39 is 5.97 Å². The first-order chi connectivity index (χ1) is 10.4. The zero-order valence-electron chi connectivity index (χ0n) is 12.7. The van der Waals surface area contributed by atoms with E-state index >= 15 is 0 Å². The summed E-state index contributed by atoms with van der Waals surface area (Å²) in [6.45, 7) is 6.32. The van der Waals surface area contributed by atoms with Crippen molar-refractivity contribution in [1.82, 2.24) is 4.98 Å². The first-order valence-corrected chi connectivity index (χ1v) is 7.70. The highest BCUT2D eigenvalue weighted by Gasteiger charge is 2.12. The quantitative estimate of drug-likeness (QED) is 0.829. The fourth-order valence-electron chi connectivity index (χ4n) is 1.89. The van der Waals surface area contributed by atoms with Crippen LogP contribution in [0.1, 0.15) is 34.8 Å². The largest absolute Gasteiger partial charge is 0.544 e. The molecule has 2 aromatic rings. The molecule has 5 nitrogen and oxygen atoms in total. The summed E-state index contributed by atoms with van der Waals surface area (Å²) in [6.07, 6.45) is 1.22. The fourth-order valence-corrected chi connectivity index (χ4v) is 2.79. The Labute approximate surface area is 133 Å². The van der Waals surface area contributed by atoms with Gasteiger partial charge in [0.05, 0.1) is 23.1 Å². The average Bonchev–Trinajstić information content (AvgIpc) is 2.87. The molecule has 0 atom stereocenters. The molecule has 0 unspecified atom stereocenters. The minimum atomic E-state index is -1.22. The summed E-state index contributed by atoms with van der Waals surface area (Å²) < 4.78 is 5.68. The number of carbonyl (C=O) groups is 1. The Morgan fingerprint density at radius 1 is 1.50 bits per heavy atom. The Kier molecular flexibility index (Phi) is 4.92. The van der Waals surface area contributed by atoms with Crippen LogP contribution in [-0.2, 0) is 0 Å². The van der Waals surface area contributed by atoms with Gasteiger partial charge in [-0.3, -0.25) is 0 Å². The van der Waals surface area contributed by atoms with Gasteiger partial charge in [-0.05, 0) is 31.0 Å². The molecule has 0 saturated carbocycles. The summed E-state index contributed by atoms with van der Waals surface area (Å²) in [7, 11) is 0. The molecule has 0 fully saturated rings. The van der Waals surface area contributed by atoms with E-state index in [1.165, 1.54) is 6.21 Å². The molecule has 0 amide bonds. The number of rotatable bonds is 6. The van der Waals surface area contributed by atoms with Crippen LogP contribution in [0.5, 0.6) is 5.75 Å². The van der Waals surface area contributed by atoms with Crippen molar-refractivity contribution in [3.63, 3.8) is 0 Å². The molecule has 22 heavy (non-hydrogen) atoms. The summed E-state index contributed by atoms with van der Waals surface area (Å²) in [6, 6.07) is 5.38. The van der Waals surface area contributed by atoms with Crippen molar-refractivity contribution in [1.29, 1.82) is 5.41 Å². The molecule has 0 spiro atoms. The standard InChI is InChI=1S/C16H18N2O3S/c1-9(2)8-21-13-5-4-11(6-12(13)7-17)15-18-10(3)14(22-15)16(19)20/h4-7,9,17H,8H2,1-3H3,(H,19,20)/p-1. The van der Waals surface area contributed by atoms with E-state index in [9.17, 15) is 9.90 Å². The summed E-state index contributed by atoms with van der Waals surface area (Å²) in [5.74, 6) is -0.184. The maximum absolute atomic E-state index is 11.0. The van der Waals surface area contributed by atoms with Crippen LogP contribution in [0, 0.1) is 18.3 Å². The Bertz CT molecular complexity index is 707. The van der Waals surface area contributed by atoms with E-state index in [1.54, 1.807) is 19.1 Å². The van der Waals surface area contributed by atoms with Crippen molar-refractivity contribution < 1.29 is 14.6 Å². The van der Waals surface area contributed by atoms with Crippen LogP contribution in [-0.4, -0.2) is 23.8 Å². The van der Waals surface area contributed by atoms with Gasteiger partial charge >= 0.3 is 0 Å². The van der Waals surface area contributed by atoms with Gasteiger partial charge < -0.3 is 20.0 Å². The second-order valence-corrected chi connectivity index (χ2v) is 6.32. The molecule has 6 heteroatoms. The zero-order valence-corrected chi connectivity index (χ0v) is 13.5. The Balaban J connectivity index is 2.35. The predicted molar refractivity (Wildman–Crippen MR) is 84.8 cm³/mol. The first-order valence-electron chi connectivity index (χ1n) is 6.88. The third-order valence-electron chi connectivity index (χ3n) is 2.97. The summed E-state index contributed by atoms with van der Waals surface area (Å²) >= 11 is 1.07. The monoisotopic (exact) mass is 317 g/mol. The Hall–Kier alpha value is -2.21. The number of aryl methyl sites for hydroxylation is 1. The topological polar surface area (TPSA) is 86.1 Å². The number of ether oxygens (including phenoxy) is 1. The van der Waals surface area contributed by atoms with Crippen molar-refractivity contribution in [2.75, 3.05) is 6.61 Å². The Morgan fingerprint density at radius 3 is 2.77 bits per heavy atom. The molecule has 1 heterocycles. The lowest BCUT2D eigenvalue weighted by molar-refractivity contribution is -0.254. The number of nitrogens with one attached hydrogen (secondary N) is 1. The highest BCUT2D eigenvalue weighted by atomic mass is 32.1. The maximum Gasteiger partial charge on any atom is 0.128 e. The molecule has 1 aromatic heterocycles. The summed E-state index contributed by atoms with van der Waals surface area (Å²) in [4.78, 5) is 15.4. The van der Waals surface area contributed by atoms with Crippen LogP contribution >= 0.6 is 11.3 Å². The lowest BCUT2D eigenvalue weighted by Crippen LogP contribution is -2.21. The molecule has 0 radical (unpaired) electrons. The van der Waals surface area contributed by atoms with Crippen LogP contribution in [0.2, 0.25) is 0 Å². The van der Waals surface area contributed by atoms with Gasteiger partial charge in [0, 0.05) is 17.3 Å². The van der Waals surface area contributed by atoms with Gasteiger partial charge in [-0.2, -0.15) is 0 Å². The van der Waals surface area contributed by atoms with Gasteiger partial charge in [-0.1, -0.05) is 13.8 Å². The molecule has 2 rings (SSSR count). The molecule has 0 aliphatic carbocycles. The van der Waals surface area contributed by atoms with Gasteiger partial charge in [0.2, 0.25) is 0 Å². The third kappa shape index (κ3) is 3.51. The third-order valence-corrected chi connectivity index (χ3v) is 4.15. The predicted octanol–water partition coefficient (Wildman–Crippen LogP) is 2.51. The van der Waals surface area contributed by atoms with E-state index in [-0.39, 0.29) is 4.88 Å². The summed E-state index contributed by atoms with van der Waals surface area (Å²) in [5.41, 5.74) is 1.84. The van der Waals surface area contributed by atoms with Crippen LogP contribution in [0.15, 0.2) is 18.2 Å². The maximum atomic E-state index is 11.0. The molecule has 1 N–H and O–H groups in total. The molecule has 0 bridgehead atoms. The molecule has 116 valence electrons. The van der Waals surface area contributed by atoms with Gasteiger partial charge in [0.15, 0.2) is 0 Å². The number of hydrogen-bond donors (Lipinski definition) is 1. The smallest absolute Gasteiger partial charge is 0.128 e. The number of carbonyl (C=O) groups excluding carboxylic acids is 1. The van der Waals surface area contributed by atoms with Crippen molar-refractivity contribution in [2.24, 2.45) is 5.92 Å². The molecule has 0 saturated heterocycles. The van der Waals surface area contributed by atoms with Crippen molar-refractivity contribution >= 4 is 23.5 Å². The number of nitrogens with zero attached hydrogens (tertiary/aromatic N) is 1. The molecule has 0 aliphatic heterocycles. The van der Waals surface area contributed by atoms with Crippen molar-refractivity contribution in [2.45, 2.75) is 20.8 Å². The number of hydrogen-bond acceptors (Lipinski definition) is 6. The average molecular weight is 317 g/mol. The van der Waals surface area contributed by atoms with E-state index in [0.29, 0.717) is 34.5 Å². The zero-order chi connectivity index (χ0) is 16.3. The molecule has 1 aromatic carbocycles. The van der Waals surface area contributed by atoms with Crippen molar-refractivity contribution in [3.8, 4) is 16.3 Å². The number of carboxylic acids is 1. The van der Waals surface area contributed by atoms with E-state index in [1.807, 2.05) is 6.07 Å². The van der Waals surface area contributed by atoms with E-state index in [4.69, 9.17) is 10.1 Å². The van der Waals surface area contributed by atoms with E-state index in [0.717, 1.165) is 16.9 Å². The van der Waals surface area contributed by atoms with Crippen LogP contribution in [0.4, 0.5) is 0 Å². The first kappa shape index (κ1) is 16.2. The van der Waals surface area contributed by atoms with Crippen LogP contribution in [0.25, 0.3) is 10.6 Å². The highest BCUT2D eigenvalue weighted by molar-refractivity contribution is 7.17. The number of aromatic nitrogens is 1. The normalized spacial score (nSPS) is 10.7. The number of benzene rings is 1. The molecule has 0 aliphatic rings. The molecular weight excluding hydrogens is 300 g/mol. The lowest BCUT2D eigenvalue weighted by Gasteiger charge is -2.11. The van der Waals surface area contributed by atoms with Gasteiger partial charge in [0.25, 0.3) is 0 Å². The lowest BCUT2D eigenvalue weighted by atomic mass is 10.1. The van der Waals surface area contributed by atoms with Crippen LogP contribution < -0.4 is 9.84 Å². The molecular formula is C16H17N2O3S-. The number of aromatic carboxylic acids is 1. The second-order valence-electron chi connectivity index (χ2n) is 5.32. The minimum Gasteiger partial charge on any atom is -0.544 e. The Morgan fingerprint density at radius 2 is 2.23 bits per heavy atom. The highest BCUT2D eigenvalue weighted by Crippen LogP contribution is 2.30. The van der Waals surface area contributed by atoms with Crippen molar-refractivity contribution in [3.05, 3.63) is 34.3 Å². The van der Waals surface area contributed by atoms with Gasteiger partial charge in [0.1, 0.15) is 10.8 Å². The SMILES string of the molecule is Cc1nc(-c2ccc(OCC(C)C)c(C=N)c2)sc1C(=O)[O-]. The number of carboxylic acid groups (broad SMARTS) is 1.